The number of amides is 1. The minimum Gasteiger partial charge on any atom is -0.493 e. The summed E-state index contributed by atoms with van der Waals surface area (Å²) in [5.74, 6) is -0.126. The van der Waals surface area contributed by atoms with Gasteiger partial charge in [0.15, 0.2) is 11.5 Å². The van der Waals surface area contributed by atoms with Crippen molar-refractivity contribution in [2.24, 2.45) is 11.5 Å². The third-order valence-electron chi connectivity index (χ3n) is 2.84. The maximum Gasteiger partial charge on any atom is 0.248 e. The first-order valence-corrected chi connectivity index (χ1v) is 6.18. The van der Waals surface area contributed by atoms with Crippen molar-refractivity contribution < 1.29 is 18.7 Å². The number of carbonyl (C=O) groups excluding carboxylic acids is 1. The largest absolute Gasteiger partial charge is 0.493 e. The summed E-state index contributed by atoms with van der Waals surface area (Å²) in [4.78, 5) is 11.2. The number of carbonyl (C=O) groups is 1. The lowest BCUT2D eigenvalue weighted by Gasteiger charge is -2.12. The molecule has 2 aromatic rings. The van der Waals surface area contributed by atoms with E-state index in [1.54, 1.807) is 12.1 Å². The van der Waals surface area contributed by atoms with Crippen molar-refractivity contribution >= 4 is 18.3 Å². The number of benzene rings is 2. The van der Waals surface area contributed by atoms with E-state index in [0.29, 0.717) is 11.3 Å². The van der Waals surface area contributed by atoms with E-state index in [1.807, 2.05) is 0 Å². The zero-order valence-electron chi connectivity index (χ0n) is 11.8. The second-order valence-electron chi connectivity index (χ2n) is 4.33. The van der Waals surface area contributed by atoms with Crippen LogP contribution in [0.15, 0.2) is 36.4 Å². The van der Waals surface area contributed by atoms with Crippen LogP contribution in [0.5, 0.6) is 17.2 Å². The molecular formula is C15H16ClFN2O3. The Kier molecular flexibility index (Phi) is 6.15. The molecule has 2 aromatic carbocycles. The third-order valence-corrected chi connectivity index (χ3v) is 2.84. The Morgan fingerprint density at radius 1 is 1.18 bits per heavy atom. The summed E-state index contributed by atoms with van der Waals surface area (Å²) in [6.07, 6.45) is 0. The highest BCUT2D eigenvalue weighted by Crippen LogP contribution is 2.33. The lowest BCUT2D eigenvalue weighted by Crippen LogP contribution is -2.10. The maximum absolute atomic E-state index is 13.5. The average molecular weight is 327 g/mol. The molecule has 118 valence electrons. The van der Waals surface area contributed by atoms with Gasteiger partial charge >= 0.3 is 0 Å². The summed E-state index contributed by atoms with van der Waals surface area (Å²) < 4.78 is 24.2. The van der Waals surface area contributed by atoms with E-state index in [4.69, 9.17) is 20.9 Å². The van der Waals surface area contributed by atoms with E-state index in [2.05, 4.69) is 0 Å². The van der Waals surface area contributed by atoms with Gasteiger partial charge in [0.2, 0.25) is 5.91 Å². The van der Waals surface area contributed by atoms with Crippen molar-refractivity contribution in [3.05, 3.63) is 53.3 Å². The van der Waals surface area contributed by atoms with E-state index in [0.717, 1.165) is 0 Å². The fraction of sp³-hybridized carbons (Fsp3) is 0.133. The van der Waals surface area contributed by atoms with Gasteiger partial charge in [-0.2, -0.15) is 0 Å². The number of hydrogen-bond donors (Lipinski definition) is 2. The summed E-state index contributed by atoms with van der Waals surface area (Å²) in [6, 6.07) is 8.66. The van der Waals surface area contributed by atoms with E-state index in [9.17, 15) is 9.18 Å². The number of methoxy groups -OCH3 is 1. The molecule has 0 heterocycles. The molecular weight excluding hydrogens is 311 g/mol. The Morgan fingerprint density at radius 2 is 1.91 bits per heavy atom. The van der Waals surface area contributed by atoms with Crippen LogP contribution in [0.3, 0.4) is 0 Å². The van der Waals surface area contributed by atoms with Gasteiger partial charge in [0, 0.05) is 18.2 Å². The number of nitrogens with two attached hydrogens (primary N) is 2. The number of rotatable bonds is 5. The Balaban J connectivity index is 0.00000242. The molecule has 7 heteroatoms. The second kappa shape index (κ2) is 7.63. The van der Waals surface area contributed by atoms with Crippen molar-refractivity contribution in [3.63, 3.8) is 0 Å². The van der Waals surface area contributed by atoms with E-state index in [1.165, 1.54) is 31.4 Å². The highest BCUT2D eigenvalue weighted by molar-refractivity contribution is 5.93. The van der Waals surface area contributed by atoms with Gasteiger partial charge in [-0.15, -0.1) is 12.4 Å². The molecule has 0 spiro atoms. The Bertz CT molecular complexity index is 680. The predicted molar refractivity (Wildman–Crippen MR) is 83.1 cm³/mol. The maximum atomic E-state index is 13.5. The summed E-state index contributed by atoms with van der Waals surface area (Å²) in [7, 11) is 1.46. The van der Waals surface area contributed by atoms with Crippen LogP contribution in [0.2, 0.25) is 0 Å². The van der Waals surface area contributed by atoms with Gasteiger partial charge < -0.3 is 20.9 Å². The monoisotopic (exact) mass is 326 g/mol. The molecule has 0 bridgehead atoms. The minimum absolute atomic E-state index is 0. The first kappa shape index (κ1) is 17.7. The second-order valence-corrected chi connectivity index (χ2v) is 4.33. The molecule has 0 atom stereocenters. The predicted octanol–water partition coefficient (Wildman–Crippen LogP) is 2.61. The summed E-state index contributed by atoms with van der Waals surface area (Å²) in [5.41, 5.74) is 11.6. The van der Waals surface area contributed by atoms with Gasteiger partial charge in [-0.1, -0.05) is 0 Å². The SMILES string of the molecule is COc1ccc(C(N)=O)cc1Oc1cc(F)cc(CN)c1.Cl. The first-order chi connectivity index (χ1) is 10.0. The van der Waals surface area contributed by atoms with Crippen molar-refractivity contribution in [2.45, 2.75) is 6.54 Å². The van der Waals surface area contributed by atoms with E-state index < -0.39 is 11.7 Å². The first-order valence-electron chi connectivity index (χ1n) is 6.18. The van der Waals surface area contributed by atoms with Gasteiger partial charge in [-0.05, 0) is 35.9 Å². The van der Waals surface area contributed by atoms with Crippen molar-refractivity contribution in [3.8, 4) is 17.2 Å². The fourth-order valence-corrected chi connectivity index (χ4v) is 1.83. The van der Waals surface area contributed by atoms with Crippen molar-refractivity contribution in [1.82, 2.24) is 0 Å². The zero-order valence-corrected chi connectivity index (χ0v) is 12.7. The van der Waals surface area contributed by atoms with Crippen LogP contribution in [0.25, 0.3) is 0 Å². The van der Waals surface area contributed by atoms with Gasteiger partial charge in [0.25, 0.3) is 0 Å². The van der Waals surface area contributed by atoms with Gasteiger partial charge in [0.05, 0.1) is 7.11 Å². The lowest BCUT2D eigenvalue weighted by molar-refractivity contribution is 0.1000. The summed E-state index contributed by atoms with van der Waals surface area (Å²) in [6.45, 7) is 0.187. The molecule has 4 N–H and O–H groups in total. The Labute approximate surface area is 133 Å². The molecule has 0 aromatic heterocycles. The molecule has 0 saturated heterocycles. The van der Waals surface area contributed by atoms with Crippen molar-refractivity contribution in [1.29, 1.82) is 0 Å². The lowest BCUT2D eigenvalue weighted by atomic mass is 10.2. The van der Waals surface area contributed by atoms with Crippen LogP contribution in [0, 0.1) is 5.82 Å². The van der Waals surface area contributed by atoms with Crippen LogP contribution in [0.1, 0.15) is 15.9 Å². The summed E-state index contributed by atoms with van der Waals surface area (Å²) in [5, 5.41) is 0. The minimum atomic E-state index is -0.593. The van der Waals surface area contributed by atoms with Crippen LogP contribution in [0.4, 0.5) is 4.39 Å². The number of primary amides is 1. The van der Waals surface area contributed by atoms with Gasteiger partial charge in [-0.25, -0.2) is 4.39 Å². The molecule has 0 aliphatic carbocycles. The molecule has 0 unspecified atom stereocenters. The zero-order chi connectivity index (χ0) is 15.4. The van der Waals surface area contributed by atoms with Gasteiger partial charge in [0.1, 0.15) is 11.6 Å². The standard InChI is InChI=1S/C15H15FN2O3.ClH/c1-20-13-3-2-10(15(18)19)6-14(13)21-12-5-9(8-17)4-11(16)7-12;/h2-7H,8,17H2,1H3,(H2,18,19);1H. The third kappa shape index (κ3) is 4.09. The molecule has 2 rings (SSSR count). The molecule has 0 fully saturated rings. The smallest absolute Gasteiger partial charge is 0.248 e. The van der Waals surface area contributed by atoms with Crippen LogP contribution >= 0.6 is 12.4 Å². The quantitative estimate of drug-likeness (QED) is 0.884. The van der Waals surface area contributed by atoms with E-state index >= 15 is 0 Å². The van der Waals surface area contributed by atoms with Crippen LogP contribution < -0.4 is 20.9 Å². The summed E-state index contributed by atoms with van der Waals surface area (Å²) >= 11 is 0. The normalized spacial score (nSPS) is 9.77. The topological polar surface area (TPSA) is 87.6 Å². The molecule has 1 amide bonds. The van der Waals surface area contributed by atoms with Crippen LogP contribution in [-0.4, -0.2) is 13.0 Å². The number of hydrogen-bond acceptors (Lipinski definition) is 4. The number of ether oxygens (including phenoxy) is 2. The van der Waals surface area contributed by atoms with Gasteiger partial charge in [-0.3, -0.25) is 4.79 Å². The van der Waals surface area contributed by atoms with E-state index in [-0.39, 0.29) is 36.0 Å². The molecule has 22 heavy (non-hydrogen) atoms. The van der Waals surface area contributed by atoms with Crippen molar-refractivity contribution in [2.75, 3.05) is 7.11 Å². The Hall–Kier alpha value is -2.31. The highest BCUT2D eigenvalue weighted by atomic mass is 35.5. The highest BCUT2D eigenvalue weighted by Gasteiger charge is 2.11. The molecule has 0 saturated carbocycles. The molecule has 5 nitrogen and oxygen atoms in total. The fourth-order valence-electron chi connectivity index (χ4n) is 1.83. The molecule has 0 aliphatic heterocycles. The number of halogens is 2. The molecule has 0 aliphatic rings. The Morgan fingerprint density at radius 3 is 2.50 bits per heavy atom. The van der Waals surface area contributed by atoms with Crippen LogP contribution in [-0.2, 0) is 6.54 Å². The average Bonchev–Trinajstić information content (AvgIpc) is 2.46. The molecule has 0 radical (unpaired) electrons.